The van der Waals surface area contributed by atoms with E-state index in [0.29, 0.717) is 24.1 Å². The summed E-state index contributed by atoms with van der Waals surface area (Å²) in [6.45, 7) is 4.14. The zero-order valence-corrected chi connectivity index (χ0v) is 22.1. The van der Waals surface area contributed by atoms with Crippen LogP contribution in [-0.2, 0) is 29.0 Å². The van der Waals surface area contributed by atoms with Crippen LogP contribution in [0.2, 0.25) is 0 Å². The number of halogens is 2. The number of carbonyl (C=O) groups is 3. The van der Waals surface area contributed by atoms with E-state index in [1.54, 1.807) is 29.2 Å². The number of nitrogens with zero attached hydrogens (tertiary/aromatic N) is 1. The number of imide groups is 1. The molecule has 2 N–H and O–H groups in total. The monoisotopic (exact) mass is 535 g/mol. The highest BCUT2D eigenvalue weighted by Gasteiger charge is 2.39. The fraction of sp³-hybridized carbons (Fsp3) is 0.452. The normalized spacial score (nSPS) is 23.5. The van der Waals surface area contributed by atoms with Crippen molar-refractivity contribution < 1.29 is 23.2 Å². The molecule has 0 spiro atoms. The van der Waals surface area contributed by atoms with E-state index in [1.165, 1.54) is 0 Å². The predicted molar refractivity (Wildman–Crippen MR) is 144 cm³/mol. The number of piperidine rings is 1. The summed E-state index contributed by atoms with van der Waals surface area (Å²) in [6.07, 6.45) is 5.07. The van der Waals surface area contributed by atoms with Crippen LogP contribution in [-0.4, -0.2) is 47.2 Å². The Kier molecular flexibility index (Phi) is 7.93. The first kappa shape index (κ1) is 27.2. The van der Waals surface area contributed by atoms with Crippen LogP contribution in [0.3, 0.4) is 0 Å². The SMILES string of the molecule is C=C(CN[C@H]1CCCC[C@@H]1Cc1ccc2c(c1)CN(C1CCC(=O)NC1=O)C2=O)C(F)(F)Cc1ccccc1. The van der Waals surface area contributed by atoms with Gasteiger partial charge in [-0.15, -0.1) is 0 Å². The molecule has 1 saturated carbocycles. The van der Waals surface area contributed by atoms with E-state index >= 15 is 0 Å². The second-order valence-electron chi connectivity index (χ2n) is 11.1. The van der Waals surface area contributed by atoms with Crippen LogP contribution in [0.25, 0.3) is 0 Å². The summed E-state index contributed by atoms with van der Waals surface area (Å²) in [6, 6.07) is 14.1. The summed E-state index contributed by atoms with van der Waals surface area (Å²) in [5.74, 6) is -3.60. The smallest absolute Gasteiger partial charge is 0.274 e. The molecule has 2 aromatic carbocycles. The highest BCUT2D eigenvalue weighted by molar-refractivity contribution is 6.05. The molecule has 3 atom stereocenters. The molecule has 1 saturated heterocycles. The minimum atomic E-state index is -2.99. The van der Waals surface area contributed by atoms with Crippen LogP contribution in [0, 0.1) is 5.92 Å². The van der Waals surface area contributed by atoms with Gasteiger partial charge in [0.15, 0.2) is 0 Å². The van der Waals surface area contributed by atoms with Crippen molar-refractivity contribution in [3.8, 4) is 0 Å². The molecule has 3 aliphatic rings. The maximum atomic E-state index is 14.9. The number of benzene rings is 2. The number of fused-ring (bicyclic) bond motifs is 1. The topological polar surface area (TPSA) is 78.5 Å². The average Bonchev–Trinajstić information content (AvgIpc) is 3.23. The molecule has 0 radical (unpaired) electrons. The van der Waals surface area contributed by atoms with E-state index in [0.717, 1.165) is 43.2 Å². The third-order valence-corrected chi connectivity index (χ3v) is 8.36. The molecule has 2 aliphatic heterocycles. The van der Waals surface area contributed by atoms with Gasteiger partial charge in [0.1, 0.15) is 6.04 Å². The van der Waals surface area contributed by atoms with Gasteiger partial charge >= 0.3 is 0 Å². The molecule has 6 nitrogen and oxygen atoms in total. The number of nitrogens with one attached hydrogen (secondary N) is 2. The van der Waals surface area contributed by atoms with Crippen molar-refractivity contribution in [2.24, 2.45) is 5.92 Å². The Bertz CT molecular complexity index is 1260. The summed E-state index contributed by atoms with van der Waals surface area (Å²) < 4.78 is 29.7. The number of carbonyl (C=O) groups excluding carboxylic acids is 3. The predicted octanol–water partition coefficient (Wildman–Crippen LogP) is 4.57. The molecule has 0 aromatic heterocycles. The summed E-state index contributed by atoms with van der Waals surface area (Å²) in [5, 5.41) is 5.72. The first-order chi connectivity index (χ1) is 18.7. The number of hydrogen-bond acceptors (Lipinski definition) is 4. The van der Waals surface area contributed by atoms with Crippen LogP contribution in [0.15, 0.2) is 60.7 Å². The minimum Gasteiger partial charge on any atom is -0.322 e. The Morgan fingerprint density at radius 1 is 1.03 bits per heavy atom. The van der Waals surface area contributed by atoms with Crippen molar-refractivity contribution in [2.45, 2.75) is 75.9 Å². The maximum absolute atomic E-state index is 14.9. The summed E-state index contributed by atoms with van der Waals surface area (Å²) >= 11 is 0. The second-order valence-corrected chi connectivity index (χ2v) is 11.1. The highest BCUT2D eigenvalue weighted by atomic mass is 19.3. The molecule has 206 valence electrons. The Labute approximate surface area is 227 Å². The van der Waals surface area contributed by atoms with Crippen molar-refractivity contribution in [3.05, 3.63) is 82.9 Å². The molecule has 0 bridgehead atoms. The highest BCUT2D eigenvalue weighted by Crippen LogP contribution is 2.33. The number of alkyl halides is 2. The van der Waals surface area contributed by atoms with Crippen molar-refractivity contribution >= 4 is 17.7 Å². The van der Waals surface area contributed by atoms with E-state index < -0.39 is 17.9 Å². The Balaban J connectivity index is 1.20. The van der Waals surface area contributed by atoms with Crippen molar-refractivity contribution in [2.75, 3.05) is 6.54 Å². The molecule has 2 aromatic rings. The van der Waals surface area contributed by atoms with Gasteiger partial charge in [-0.05, 0) is 54.4 Å². The fourth-order valence-corrected chi connectivity index (χ4v) is 6.14. The van der Waals surface area contributed by atoms with E-state index in [2.05, 4.69) is 17.2 Å². The number of hydrogen-bond donors (Lipinski definition) is 2. The molecule has 8 heteroatoms. The molecule has 2 heterocycles. The molecular weight excluding hydrogens is 500 g/mol. The van der Waals surface area contributed by atoms with Gasteiger partial charge in [0.25, 0.3) is 11.8 Å². The lowest BCUT2D eigenvalue weighted by atomic mass is 9.80. The molecule has 3 amide bonds. The summed E-state index contributed by atoms with van der Waals surface area (Å²) in [5.41, 5.74) is 3.07. The number of rotatable bonds is 9. The first-order valence-electron chi connectivity index (χ1n) is 13.8. The molecular formula is C31H35F2N3O3. The lowest BCUT2D eigenvalue weighted by molar-refractivity contribution is -0.136. The summed E-state index contributed by atoms with van der Waals surface area (Å²) in [4.78, 5) is 38.4. The minimum absolute atomic E-state index is 0.0700. The largest absolute Gasteiger partial charge is 0.322 e. The lowest BCUT2D eigenvalue weighted by Gasteiger charge is -2.33. The van der Waals surface area contributed by atoms with Gasteiger partial charge in [-0.25, -0.2) is 8.78 Å². The zero-order chi connectivity index (χ0) is 27.6. The van der Waals surface area contributed by atoms with E-state index in [-0.39, 0.29) is 48.7 Å². The third kappa shape index (κ3) is 6.11. The zero-order valence-electron chi connectivity index (χ0n) is 22.1. The van der Waals surface area contributed by atoms with Crippen molar-refractivity contribution in [3.63, 3.8) is 0 Å². The third-order valence-electron chi connectivity index (χ3n) is 8.36. The van der Waals surface area contributed by atoms with Crippen LogP contribution in [0.5, 0.6) is 0 Å². The van der Waals surface area contributed by atoms with Gasteiger partial charge in [-0.2, -0.15) is 0 Å². The van der Waals surface area contributed by atoms with E-state index in [1.807, 2.05) is 24.3 Å². The van der Waals surface area contributed by atoms with Gasteiger partial charge < -0.3 is 10.2 Å². The average molecular weight is 536 g/mol. The standard InChI is InChI=1S/C31H35F2N3O3/c1-20(31(32,33)17-21-7-3-2-4-8-21)18-34-26-10-6-5-9-23(26)15-22-11-12-25-24(16-22)19-36(30(25)39)27-13-14-28(37)35-29(27)38/h2-4,7-8,11-12,16,23,26-27,34H,1,5-6,9-10,13-15,17-19H2,(H,35,37,38)/t23-,26+,27?/m1/s1. The van der Waals surface area contributed by atoms with Gasteiger partial charge in [0, 0.05) is 43.1 Å². The molecule has 39 heavy (non-hydrogen) atoms. The Hall–Kier alpha value is -3.39. The molecule has 1 aliphatic carbocycles. The van der Waals surface area contributed by atoms with Gasteiger partial charge in [-0.3, -0.25) is 19.7 Å². The molecule has 1 unspecified atom stereocenters. The Morgan fingerprint density at radius 2 is 1.79 bits per heavy atom. The first-order valence-corrected chi connectivity index (χ1v) is 13.8. The fourth-order valence-electron chi connectivity index (χ4n) is 6.14. The van der Waals surface area contributed by atoms with Crippen LogP contribution in [0.4, 0.5) is 8.78 Å². The van der Waals surface area contributed by atoms with Gasteiger partial charge in [0.2, 0.25) is 11.8 Å². The van der Waals surface area contributed by atoms with Crippen LogP contribution >= 0.6 is 0 Å². The second kappa shape index (κ2) is 11.4. The molecule has 5 rings (SSSR count). The summed E-state index contributed by atoms with van der Waals surface area (Å²) in [7, 11) is 0. The van der Waals surface area contributed by atoms with Crippen molar-refractivity contribution in [1.82, 2.24) is 15.5 Å². The van der Waals surface area contributed by atoms with Gasteiger partial charge in [0.05, 0.1) is 0 Å². The van der Waals surface area contributed by atoms with E-state index in [9.17, 15) is 23.2 Å². The molecule has 2 fully saturated rings. The quantitative estimate of drug-likeness (QED) is 0.364. The van der Waals surface area contributed by atoms with Crippen molar-refractivity contribution in [1.29, 1.82) is 0 Å². The van der Waals surface area contributed by atoms with Crippen LogP contribution in [0.1, 0.15) is 65.6 Å². The maximum Gasteiger partial charge on any atom is 0.274 e. The number of amides is 3. The van der Waals surface area contributed by atoms with Gasteiger partial charge in [-0.1, -0.05) is 61.9 Å². The lowest BCUT2D eigenvalue weighted by Crippen LogP contribution is -2.52. The Morgan fingerprint density at radius 3 is 2.56 bits per heavy atom. The van der Waals surface area contributed by atoms with Crippen LogP contribution < -0.4 is 10.6 Å². The van der Waals surface area contributed by atoms with E-state index in [4.69, 9.17) is 0 Å².